The Labute approximate surface area is 143 Å². The van der Waals surface area contributed by atoms with Crippen LogP contribution in [0.1, 0.15) is 18.4 Å². The van der Waals surface area contributed by atoms with E-state index in [9.17, 15) is 4.79 Å². The molecule has 3 rings (SSSR count). The number of nitrogens with one attached hydrogen (secondary N) is 1. The van der Waals surface area contributed by atoms with Crippen LogP contribution in [0.15, 0.2) is 18.2 Å². The highest BCUT2D eigenvalue weighted by molar-refractivity contribution is 5.74. The van der Waals surface area contributed by atoms with E-state index < -0.39 is 0 Å². The molecule has 6 nitrogen and oxygen atoms in total. The van der Waals surface area contributed by atoms with E-state index in [-0.39, 0.29) is 6.03 Å². The van der Waals surface area contributed by atoms with Crippen LogP contribution in [0.5, 0.6) is 11.5 Å². The van der Waals surface area contributed by atoms with Crippen molar-refractivity contribution in [2.24, 2.45) is 0 Å². The fourth-order valence-electron chi connectivity index (χ4n) is 3.19. The smallest absolute Gasteiger partial charge is 0.317 e. The van der Waals surface area contributed by atoms with E-state index >= 15 is 0 Å². The van der Waals surface area contributed by atoms with Gasteiger partial charge in [0.15, 0.2) is 11.5 Å². The summed E-state index contributed by atoms with van der Waals surface area (Å²) in [6.45, 7) is 4.30. The zero-order chi connectivity index (χ0) is 16.9. The molecule has 2 aliphatic rings. The standard InChI is InChI=1S/C18H27N3O3/c1-23-16-6-3-14(13-17(16)24-2)7-8-19-18(22)21-11-9-20(10-12-21)15-4-5-15/h3,6,13,15H,4-5,7-12H2,1-2H3,(H,19,22). The van der Waals surface area contributed by atoms with Gasteiger partial charge >= 0.3 is 6.03 Å². The molecular formula is C18H27N3O3. The average Bonchev–Trinajstić information content (AvgIpc) is 3.46. The van der Waals surface area contributed by atoms with E-state index in [1.54, 1.807) is 14.2 Å². The van der Waals surface area contributed by atoms with Crippen molar-refractivity contribution in [1.29, 1.82) is 0 Å². The van der Waals surface area contributed by atoms with Gasteiger partial charge in [-0.15, -0.1) is 0 Å². The molecule has 1 aromatic rings. The summed E-state index contributed by atoms with van der Waals surface area (Å²) >= 11 is 0. The maximum atomic E-state index is 12.3. The van der Waals surface area contributed by atoms with Gasteiger partial charge in [0.1, 0.15) is 0 Å². The second-order valence-electron chi connectivity index (χ2n) is 6.43. The van der Waals surface area contributed by atoms with Gasteiger partial charge in [0.2, 0.25) is 0 Å². The zero-order valence-corrected chi connectivity index (χ0v) is 14.6. The van der Waals surface area contributed by atoms with Crippen LogP contribution < -0.4 is 14.8 Å². The Hall–Kier alpha value is -1.95. The van der Waals surface area contributed by atoms with E-state index in [2.05, 4.69) is 10.2 Å². The zero-order valence-electron chi connectivity index (χ0n) is 14.6. The molecule has 0 atom stereocenters. The molecule has 1 saturated carbocycles. The molecule has 1 heterocycles. The highest BCUT2D eigenvalue weighted by atomic mass is 16.5. The van der Waals surface area contributed by atoms with Gasteiger partial charge in [-0.05, 0) is 37.0 Å². The number of urea groups is 1. The number of carbonyl (C=O) groups is 1. The molecule has 1 saturated heterocycles. The third kappa shape index (κ3) is 4.12. The van der Waals surface area contributed by atoms with Gasteiger partial charge in [-0.2, -0.15) is 0 Å². The number of nitrogens with zero attached hydrogens (tertiary/aromatic N) is 2. The monoisotopic (exact) mass is 333 g/mol. The topological polar surface area (TPSA) is 54.0 Å². The fraction of sp³-hybridized carbons (Fsp3) is 0.611. The molecule has 1 aliphatic heterocycles. The Kier molecular flexibility index (Phi) is 5.45. The first-order valence-corrected chi connectivity index (χ1v) is 8.69. The summed E-state index contributed by atoms with van der Waals surface area (Å²) in [5.74, 6) is 1.44. The second-order valence-corrected chi connectivity index (χ2v) is 6.43. The van der Waals surface area contributed by atoms with Crippen molar-refractivity contribution in [2.45, 2.75) is 25.3 Å². The van der Waals surface area contributed by atoms with Crippen molar-refractivity contribution in [3.05, 3.63) is 23.8 Å². The lowest BCUT2D eigenvalue weighted by Gasteiger charge is -2.34. The molecule has 0 unspecified atom stereocenters. The lowest BCUT2D eigenvalue weighted by Crippen LogP contribution is -2.52. The van der Waals surface area contributed by atoms with Crippen LogP contribution in [0, 0.1) is 0 Å². The maximum Gasteiger partial charge on any atom is 0.317 e. The lowest BCUT2D eigenvalue weighted by atomic mass is 10.1. The first kappa shape index (κ1) is 16.9. The van der Waals surface area contributed by atoms with E-state index in [4.69, 9.17) is 9.47 Å². The largest absolute Gasteiger partial charge is 0.493 e. The molecule has 1 N–H and O–H groups in total. The summed E-state index contributed by atoms with van der Waals surface area (Å²) in [5, 5.41) is 3.02. The first-order valence-electron chi connectivity index (χ1n) is 8.69. The van der Waals surface area contributed by atoms with Crippen LogP contribution in [0.2, 0.25) is 0 Å². The number of rotatable bonds is 6. The Morgan fingerprint density at radius 3 is 2.46 bits per heavy atom. The van der Waals surface area contributed by atoms with E-state index in [1.165, 1.54) is 12.8 Å². The molecular weight excluding hydrogens is 306 g/mol. The number of ether oxygens (including phenoxy) is 2. The van der Waals surface area contributed by atoms with Crippen molar-refractivity contribution in [3.8, 4) is 11.5 Å². The van der Waals surface area contributed by atoms with Gasteiger partial charge < -0.3 is 19.7 Å². The quantitative estimate of drug-likeness (QED) is 0.861. The Morgan fingerprint density at radius 1 is 1.12 bits per heavy atom. The molecule has 2 fully saturated rings. The molecule has 0 spiro atoms. The normalized spacial score (nSPS) is 18.3. The molecule has 0 aromatic heterocycles. The molecule has 1 aromatic carbocycles. The van der Waals surface area contributed by atoms with Gasteiger partial charge in [0, 0.05) is 38.8 Å². The van der Waals surface area contributed by atoms with Crippen LogP contribution in [0.3, 0.4) is 0 Å². The van der Waals surface area contributed by atoms with E-state index in [0.29, 0.717) is 6.54 Å². The minimum absolute atomic E-state index is 0.0472. The van der Waals surface area contributed by atoms with Gasteiger partial charge in [-0.3, -0.25) is 4.90 Å². The summed E-state index contributed by atoms with van der Waals surface area (Å²) in [6.07, 6.45) is 3.43. The first-order chi connectivity index (χ1) is 11.7. The van der Waals surface area contributed by atoms with Crippen molar-refractivity contribution in [3.63, 3.8) is 0 Å². The number of benzene rings is 1. The van der Waals surface area contributed by atoms with E-state index in [0.717, 1.165) is 55.7 Å². The van der Waals surface area contributed by atoms with Crippen molar-refractivity contribution in [2.75, 3.05) is 46.9 Å². The molecule has 0 bridgehead atoms. The molecule has 1 aliphatic carbocycles. The van der Waals surface area contributed by atoms with Crippen LogP contribution in [-0.4, -0.2) is 68.8 Å². The van der Waals surface area contributed by atoms with Crippen molar-refractivity contribution >= 4 is 6.03 Å². The summed E-state index contributed by atoms with van der Waals surface area (Å²) < 4.78 is 10.5. The predicted molar refractivity (Wildman–Crippen MR) is 92.8 cm³/mol. The Balaban J connectivity index is 1.42. The minimum atomic E-state index is 0.0472. The van der Waals surface area contributed by atoms with Crippen LogP contribution in [-0.2, 0) is 6.42 Å². The van der Waals surface area contributed by atoms with Gasteiger partial charge in [-0.25, -0.2) is 4.79 Å². The Morgan fingerprint density at radius 2 is 1.83 bits per heavy atom. The predicted octanol–water partition coefficient (Wildman–Crippen LogP) is 1.74. The summed E-state index contributed by atoms with van der Waals surface area (Å²) in [5.41, 5.74) is 1.12. The number of hydrogen-bond donors (Lipinski definition) is 1. The van der Waals surface area contributed by atoms with Crippen LogP contribution in [0.4, 0.5) is 4.79 Å². The highest BCUT2D eigenvalue weighted by Crippen LogP contribution is 2.28. The molecule has 132 valence electrons. The highest BCUT2D eigenvalue weighted by Gasteiger charge is 2.32. The number of amides is 2. The van der Waals surface area contributed by atoms with Gasteiger partial charge in [0.05, 0.1) is 14.2 Å². The minimum Gasteiger partial charge on any atom is -0.493 e. The number of methoxy groups -OCH3 is 2. The molecule has 24 heavy (non-hydrogen) atoms. The maximum absolute atomic E-state index is 12.3. The summed E-state index contributed by atoms with van der Waals surface area (Å²) in [6, 6.07) is 6.69. The number of hydrogen-bond acceptors (Lipinski definition) is 4. The fourth-order valence-corrected chi connectivity index (χ4v) is 3.19. The molecule has 6 heteroatoms. The third-order valence-corrected chi connectivity index (χ3v) is 4.80. The average molecular weight is 333 g/mol. The molecule has 2 amide bonds. The Bertz CT molecular complexity index is 567. The molecule has 0 radical (unpaired) electrons. The number of carbonyl (C=O) groups excluding carboxylic acids is 1. The van der Waals surface area contributed by atoms with E-state index in [1.807, 2.05) is 23.1 Å². The van der Waals surface area contributed by atoms with Crippen LogP contribution in [0.25, 0.3) is 0 Å². The lowest BCUT2D eigenvalue weighted by molar-refractivity contribution is 0.135. The third-order valence-electron chi connectivity index (χ3n) is 4.80. The number of piperazine rings is 1. The van der Waals surface area contributed by atoms with Gasteiger partial charge in [-0.1, -0.05) is 6.07 Å². The summed E-state index contributed by atoms with van der Waals surface area (Å²) in [4.78, 5) is 16.7. The SMILES string of the molecule is COc1ccc(CCNC(=O)N2CCN(C3CC3)CC2)cc1OC. The van der Waals surface area contributed by atoms with Crippen molar-refractivity contribution < 1.29 is 14.3 Å². The van der Waals surface area contributed by atoms with Crippen molar-refractivity contribution in [1.82, 2.24) is 15.1 Å². The van der Waals surface area contributed by atoms with Crippen LogP contribution >= 0.6 is 0 Å². The van der Waals surface area contributed by atoms with Gasteiger partial charge in [0.25, 0.3) is 0 Å². The second kappa shape index (κ2) is 7.75. The summed E-state index contributed by atoms with van der Waals surface area (Å²) in [7, 11) is 3.26.